The van der Waals surface area contributed by atoms with Gasteiger partial charge >= 0.3 is 0 Å². The summed E-state index contributed by atoms with van der Waals surface area (Å²) in [7, 11) is 0. The summed E-state index contributed by atoms with van der Waals surface area (Å²) in [5, 5.41) is 0. The standard InChI is InChI=1S/C21H28F2O/c1-2-15-7-9-16(10-8-15)19-12-11-17(20(22)21(19)23)13-14-24-18-5-3-4-6-18/h9,11-12,15,18H,2-8,10,13-14H2,1H3. The lowest BCUT2D eigenvalue weighted by atomic mass is 9.85. The molecule has 0 aliphatic heterocycles. The molecule has 1 aromatic rings. The highest BCUT2D eigenvalue weighted by Gasteiger charge is 2.20. The van der Waals surface area contributed by atoms with Crippen LogP contribution in [0.5, 0.6) is 0 Å². The minimum Gasteiger partial charge on any atom is -0.378 e. The topological polar surface area (TPSA) is 9.23 Å². The number of hydrogen-bond acceptors (Lipinski definition) is 1. The van der Waals surface area contributed by atoms with E-state index < -0.39 is 11.6 Å². The number of hydrogen-bond donors (Lipinski definition) is 0. The van der Waals surface area contributed by atoms with Crippen molar-refractivity contribution < 1.29 is 13.5 Å². The molecule has 3 heteroatoms. The molecule has 3 rings (SSSR count). The molecule has 1 nitrogen and oxygen atoms in total. The van der Waals surface area contributed by atoms with E-state index in [1.165, 1.54) is 12.8 Å². The van der Waals surface area contributed by atoms with Gasteiger partial charge in [0, 0.05) is 5.56 Å². The van der Waals surface area contributed by atoms with Crippen LogP contribution in [0.3, 0.4) is 0 Å². The Hall–Kier alpha value is -1.22. The predicted octanol–water partition coefficient (Wildman–Crippen LogP) is 6.06. The first-order valence-corrected chi connectivity index (χ1v) is 9.47. The van der Waals surface area contributed by atoms with Gasteiger partial charge in [-0.1, -0.05) is 44.4 Å². The van der Waals surface area contributed by atoms with Gasteiger partial charge in [0.25, 0.3) is 0 Å². The van der Waals surface area contributed by atoms with Crippen LogP contribution < -0.4 is 0 Å². The molecule has 0 saturated heterocycles. The van der Waals surface area contributed by atoms with Crippen molar-refractivity contribution in [2.24, 2.45) is 5.92 Å². The van der Waals surface area contributed by atoms with Crippen molar-refractivity contribution in [3.63, 3.8) is 0 Å². The number of benzene rings is 1. The molecule has 0 radical (unpaired) electrons. The zero-order chi connectivity index (χ0) is 16.9. The minimum atomic E-state index is -0.693. The molecule has 0 spiro atoms. The third-order valence-corrected chi connectivity index (χ3v) is 5.63. The predicted molar refractivity (Wildman–Crippen MR) is 93.9 cm³/mol. The van der Waals surface area contributed by atoms with E-state index in [4.69, 9.17) is 4.74 Å². The van der Waals surface area contributed by atoms with Crippen LogP contribution in [0.2, 0.25) is 0 Å². The molecule has 0 N–H and O–H groups in total. The van der Waals surface area contributed by atoms with Gasteiger partial charge in [-0.3, -0.25) is 0 Å². The molecule has 0 heterocycles. The van der Waals surface area contributed by atoms with Crippen molar-refractivity contribution >= 4 is 5.57 Å². The summed E-state index contributed by atoms with van der Waals surface area (Å²) in [6.45, 7) is 2.66. The van der Waals surface area contributed by atoms with E-state index in [0.29, 0.717) is 36.2 Å². The van der Waals surface area contributed by atoms with Gasteiger partial charge in [-0.15, -0.1) is 0 Å². The summed E-state index contributed by atoms with van der Waals surface area (Å²) in [6.07, 6.45) is 11.5. The second-order valence-corrected chi connectivity index (χ2v) is 7.21. The van der Waals surface area contributed by atoms with Crippen LogP contribution in [0, 0.1) is 17.6 Å². The molecule has 132 valence electrons. The average molecular weight is 334 g/mol. The maximum absolute atomic E-state index is 14.5. The fourth-order valence-electron chi connectivity index (χ4n) is 3.92. The monoisotopic (exact) mass is 334 g/mol. The third-order valence-electron chi connectivity index (χ3n) is 5.63. The van der Waals surface area contributed by atoms with Gasteiger partial charge in [-0.05, 0) is 55.6 Å². The van der Waals surface area contributed by atoms with Crippen molar-refractivity contribution in [1.29, 1.82) is 0 Å². The van der Waals surface area contributed by atoms with Gasteiger partial charge in [0.1, 0.15) is 0 Å². The van der Waals surface area contributed by atoms with Crippen LogP contribution in [-0.4, -0.2) is 12.7 Å². The second-order valence-electron chi connectivity index (χ2n) is 7.21. The number of allylic oxidation sites excluding steroid dienone is 2. The minimum absolute atomic E-state index is 0.316. The molecule has 1 fully saturated rings. The van der Waals surface area contributed by atoms with Crippen molar-refractivity contribution in [2.75, 3.05) is 6.61 Å². The molecule has 0 amide bonds. The van der Waals surface area contributed by atoms with Gasteiger partial charge in [-0.25, -0.2) is 8.78 Å². The van der Waals surface area contributed by atoms with E-state index in [1.54, 1.807) is 12.1 Å². The molecule has 1 saturated carbocycles. The highest BCUT2D eigenvalue weighted by atomic mass is 19.2. The Morgan fingerprint density at radius 2 is 1.88 bits per heavy atom. The van der Waals surface area contributed by atoms with Crippen LogP contribution in [0.1, 0.15) is 69.4 Å². The fourth-order valence-corrected chi connectivity index (χ4v) is 3.92. The van der Waals surface area contributed by atoms with E-state index in [2.05, 4.69) is 13.0 Å². The molecule has 1 aromatic carbocycles. The summed E-state index contributed by atoms with van der Waals surface area (Å²) >= 11 is 0. The molecular formula is C21H28F2O. The Morgan fingerprint density at radius 3 is 2.54 bits per heavy atom. The van der Waals surface area contributed by atoms with Crippen LogP contribution >= 0.6 is 0 Å². The van der Waals surface area contributed by atoms with E-state index in [9.17, 15) is 8.78 Å². The van der Waals surface area contributed by atoms with E-state index in [1.807, 2.05) is 0 Å². The first-order valence-electron chi connectivity index (χ1n) is 9.47. The van der Waals surface area contributed by atoms with Crippen molar-refractivity contribution in [3.8, 4) is 0 Å². The lowest BCUT2D eigenvalue weighted by molar-refractivity contribution is 0.0602. The highest BCUT2D eigenvalue weighted by Crippen LogP contribution is 2.34. The van der Waals surface area contributed by atoms with Crippen LogP contribution in [-0.2, 0) is 11.2 Å². The van der Waals surface area contributed by atoms with Crippen molar-refractivity contribution in [2.45, 2.75) is 70.8 Å². The Morgan fingerprint density at radius 1 is 1.08 bits per heavy atom. The molecule has 2 aliphatic carbocycles. The molecule has 24 heavy (non-hydrogen) atoms. The fraction of sp³-hybridized carbons (Fsp3) is 0.619. The van der Waals surface area contributed by atoms with Crippen molar-refractivity contribution in [3.05, 3.63) is 41.0 Å². The number of halogens is 2. The van der Waals surface area contributed by atoms with Gasteiger partial charge < -0.3 is 4.74 Å². The zero-order valence-corrected chi connectivity index (χ0v) is 14.6. The Bertz CT molecular complexity index is 588. The SMILES string of the molecule is CCC1CC=C(c2ccc(CCOC3CCCC3)c(F)c2F)CC1. The quantitative estimate of drug-likeness (QED) is 0.614. The summed E-state index contributed by atoms with van der Waals surface area (Å²) in [5.41, 5.74) is 1.84. The van der Waals surface area contributed by atoms with E-state index in [-0.39, 0.29) is 0 Å². The number of rotatable bonds is 6. The van der Waals surface area contributed by atoms with Gasteiger partial charge in [0.15, 0.2) is 11.6 Å². The van der Waals surface area contributed by atoms with E-state index >= 15 is 0 Å². The normalized spacial score (nSPS) is 22.0. The summed E-state index contributed by atoms with van der Waals surface area (Å²) in [6, 6.07) is 3.49. The van der Waals surface area contributed by atoms with Crippen LogP contribution in [0.15, 0.2) is 18.2 Å². The third kappa shape index (κ3) is 4.05. The Kier molecular flexibility index (Phi) is 6.04. The highest BCUT2D eigenvalue weighted by molar-refractivity contribution is 5.67. The molecule has 1 unspecified atom stereocenters. The van der Waals surface area contributed by atoms with E-state index in [0.717, 1.165) is 44.1 Å². The van der Waals surface area contributed by atoms with Gasteiger partial charge in [0.05, 0.1) is 12.7 Å². The van der Waals surface area contributed by atoms with Crippen LogP contribution in [0.4, 0.5) is 8.78 Å². The second kappa shape index (κ2) is 8.24. The van der Waals surface area contributed by atoms with Gasteiger partial charge in [-0.2, -0.15) is 0 Å². The summed E-state index contributed by atoms with van der Waals surface area (Å²) < 4.78 is 34.7. The summed E-state index contributed by atoms with van der Waals surface area (Å²) in [4.78, 5) is 0. The number of ether oxygens (including phenoxy) is 1. The molecule has 1 atom stereocenters. The maximum Gasteiger partial charge on any atom is 0.166 e. The molecule has 2 aliphatic rings. The lowest BCUT2D eigenvalue weighted by Crippen LogP contribution is -2.11. The first-order chi connectivity index (χ1) is 11.7. The molecular weight excluding hydrogens is 306 g/mol. The molecule has 0 aromatic heterocycles. The lowest BCUT2D eigenvalue weighted by Gasteiger charge is -2.21. The largest absolute Gasteiger partial charge is 0.378 e. The van der Waals surface area contributed by atoms with Crippen LogP contribution in [0.25, 0.3) is 5.57 Å². The Labute approximate surface area is 144 Å². The van der Waals surface area contributed by atoms with Gasteiger partial charge in [0.2, 0.25) is 0 Å². The first kappa shape index (κ1) is 17.6. The average Bonchev–Trinajstić information content (AvgIpc) is 3.12. The smallest absolute Gasteiger partial charge is 0.166 e. The maximum atomic E-state index is 14.5. The zero-order valence-electron chi connectivity index (χ0n) is 14.6. The molecule has 0 bridgehead atoms. The van der Waals surface area contributed by atoms with Crippen molar-refractivity contribution in [1.82, 2.24) is 0 Å². The Balaban J connectivity index is 1.64. The summed E-state index contributed by atoms with van der Waals surface area (Å²) in [5.74, 6) is -0.690.